The summed E-state index contributed by atoms with van der Waals surface area (Å²) in [6, 6.07) is 20.6. The zero-order valence-corrected chi connectivity index (χ0v) is 20.3. The third-order valence-electron chi connectivity index (χ3n) is 5.88. The first-order valence-corrected chi connectivity index (χ1v) is 11.7. The van der Waals surface area contributed by atoms with Crippen LogP contribution in [0.15, 0.2) is 84.1 Å². The first kappa shape index (κ1) is 26.3. The molecular weight excluding hydrogens is 497 g/mol. The number of hydrogen-bond donors (Lipinski definition) is 5. The zero-order valence-electron chi connectivity index (χ0n) is 20.3. The highest BCUT2D eigenvalue weighted by Gasteiger charge is 2.39. The number of H-pyrrole nitrogens is 1. The number of para-hydroxylation sites is 1. The summed E-state index contributed by atoms with van der Waals surface area (Å²) >= 11 is 0. The van der Waals surface area contributed by atoms with E-state index < -0.39 is 18.1 Å². The molecule has 6 N–H and O–H groups in total. The molecular formula is C27H25F3N6O2. The van der Waals surface area contributed by atoms with Gasteiger partial charge in [-0.1, -0.05) is 54.5 Å². The largest absolute Gasteiger partial charge is 0.471 e. The van der Waals surface area contributed by atoms with Gasteiger partial charge in [0.15, 0.2) is 5.84 Å². The Kier molecular flexibility index (Phi) is 7.66. The van der Waals surface area contributed by atoms with Gasteiger partial charge in [0.05, 0.1) is 17.6 Å². The number of amidine groups is 1. The number of nitrogens with two attached hydrogens (primary N) is 1. The second kappa shape index (κ2) is 11.1. The smallest absolute Gasteiger partial charge is 0.409 e. The Hall–Kier alpha value is -4.80. The minimum absolute atomic E-state index is 0.00115. The summed E-state index contributed by atoms with van der Waals surface area (Å²) in [6.45, 7) is 2.05. The van der Waals surface area contributed by atoms with Gasteiger partial charge in [-0.15, -0.1) is 0 Å². The first-order chi connectivity index (χ1) is 18.2. The summed E-state index contributed by atoms with van der Waals surface area (Å²) in [5.41, 5.74) is 9.73. The van der Waals surface area contributed by atoms with Crippen LogP contribution in [0, 0.1) is 0 Å². The summed E-state index contributed by atoms with van der Waals surface area (Å²) in [6.07, 6.45) is -2.69. The highest BCUT2D eigenvalue weighted by Crippen LogP contribution is 2.31. The lowest BCUT2D eigenvalue weighted by atomic mass is 10.0. The number of benzene rings is 3. The summed E-state index contributed by atoms with van der Waals surface area (Å²) in [5.74, 6) is -1.57. The van der Waals surface area contributed by atoms with Gasteiger partial charge in [-0.2, -0.15) is 13.2 Å². The number of aromatic amines is 1. The van der Waals surface area contributed by atoms with E-state index in [1.165, 1.54) is 18.3 Å². The molecule has 0 bridgehead atoms. The number of aromatic nitrogens is 2. The van der Waals surface area contributed by atoms with Crippen molar-refractivity contribution in [3.8, 4) is 11.3 Å². The van der Waals surface area contributed by atoms with Crippen LogP contribution in [-0.2, 0) is 11.2 Å². The van der Waals surface area contributed by atoms with Crippen LogP contribution in [0.5, 0.6) is 0 Å². The van der Waals surface area contributed by atoms with E-state index >= 15 is 0 Å². The van der Waals surface area contributed by atoms with Crippen molar-refractivity contribution in [2.24, 2.45) is 10.9 Å². The normalized spacial score (nSPS) is 12.7. The molecule has 196 valence electrons. The van der Waals surface area contributed by atoms with Crippen molar-refractivity contribution in [2.45, 2.75) is 25.6 Å². The van der Waals surface area contributed by atoms with Crippen molar-refractivity contribution in [2.75, 3.05) is 10.6 Å². The number of anilines is 2. The molecule has 4 aromatic rings. The Morgan fingerprint density at radius 3 is 2.53 bits per heavy atom. The number of nitrogens with zero attached hydrogens (tertiary/aromatic N) is 2. The monoisotopic (exact) mass is 522 g/mol. The Bertz CT molecular complexity index is 1450. The topological polar surface area (TPSA) is 128 Å². The van der Waals surface area contributed by atoms with Gasteiger partial charge in [-0.05, 0) is 47.9 Å². The molecule has 11 heteroatoms. The summed E-state index contributed by atoms with van der Waals surface area (Å²) < 4.78 is 38.6. The summed E-state index contributed by atoms with van der Waals surface area (Å²) in [4.78, 5) is 19.3. The molecule has 0 aliphatic carbocycles. The average molecular weight is 523 g/mol. The van der Waals surface area contributed by atoms with Crippen LogP contribution in [0.4, 0.5) is 24.5 Å². The third-order valence-corrected chi connectivity index (χ3v) is 5.88. The number of imidazole rings is 1. The van der Waals surface area contributed by atoms with Crippen molar-refractivity contribution in [3.05, 3.63) is 102 Å². The first-order valence-electron chi connectivity index (χ1n) is 11.7. The van der Waals surface area contributed by atoms with E-state index in [1.807, 2.05) is 36.5 Å². The second-order valence-corrected chi connectivity index (χ2v) is 8.42. The van der Waals surface area contributed by atoms with Crippen LogP contribution in [0.25, 0.3) is 11.3 Å². The maximum Gasteiger partial charge on any atom is 0.471 e. The molecule has 0 radical (unpaired) electrons. The maximum atomic E-state index is 12.9. The van der Waals surface area contributed by atoms with Crippen molar-refractivity contribution in [1.82, 2.24) is 9.97 Å². The van der Waals surface area contributed by atoms with Gasteiger partial charge in [0, 0.05) is 16.8 Å². The highest BCUT2D eigenvalue weighted by atomic mass is 19.4. The summed E-state index contributed by atoms with van der Waals surface area (Å²) in [5, 5.41) is 17.3. The molecule has 38 heavy (non-hydrogen) atoms. The van der Waals surface area contributed by atoms with Gasteiger partial charge in [0.25, 0.3) is 0 Å². The molecule has 1 atom stereocenters. The Labute approximate surface area is 216 Å². The standard InChI is InChI=1S/C27H25F3N6O2/c1-2-16-6-5-7-18(14-16)23(33-19-12-10-17(11-13-19)24(31)36-38)25-32-15-22(34-25)20-8-3-4-9-21(20)35-26(37)27(28,29)30/h3-15,23,33,38H,2H2,1H3,(H2,31,36)(H,32,34)(H,35,37). The third kappa shape index (κ3) is 5.94. The van der Waals surface area contributed by atoms with Gasteiger partial charge >= 0.3 is 12.1 Å². The lowest BCUT2D eigenvalue weighted by Crippen LogP contribution is -2.30. The van der Waals surface area contributed by atoms with Crippen LogP contribution in [-0.4, -0.2) is 33.1 Å². The summed E-state index contributed by atoms with van der Waals surface area (Å²) in [7, 11) is 0. The van der Waals surface area contributed by atoms with Crippen molar-refractivity contribution in [3.63, 3.8) is 0 Å². The molecule has 3 aromatic carbocycles. The van der Waals surface area contributed by atoms with Gasteiger partial charge in [0.1, 0.15) is 11.9 Å². The Morgan fingerprint density at radius 2 is 1.84 bits per heavy atom. The lowest BCUT2D eigenvalue weighted by molar-refractivity contribution is -0.167. The average Bonchev–Trinajstić information content (AvgIpc) is 3.41. The number of carbonyl (C=O) groups excluding carboxylic acids is 1. The molecule has 1 aromatic heterocycles. The highest BCUT2D eigenvalue weighted by molar-refractivity contribution is 5.98. The molecule has 0 aliphatic rings. The molecule has 1 amide bonds. The van der Waals surface area contributed by atoms with Crippen molar-refractivity contribution in [1.29, 1.82) is 0 Å². The van der Waals surface area contributed by atoms with E-state index in [1.54, 1.807) is 36.4 Å². The molecule has 4 rings (SSSR count). The maximum absolute atomic E-state index is 12.9. The van der Waals surface area contributed by atoms with Gasteiger partial charge in [-0.3, -0.25) is 4.79 Å². The quantitative estimate of drug-likeness (QED) is 0.0912. The fourth-order valence-electron chi connectivity index (χ4n) is 3.90. The minimum atomic E-state index is -5.02. The van der Waals surface area contributed by atoms with Crippen molar-refractivity contribution >= 4 is 23.1 Å². The van der Waals surface area contributed by atoms with E-state index in [9.17, 15) is 18.0 Å². The number of aryl methyl sites for hydroxylation is 1. The van der Waals surface area contributed by atoms with Crippen LogP contribution in [0.3, 0.4) is 0 Å². The fourth-order valence-corrected chi connectivity index (χ4v) is 3.90. The predicted molar refractivity (Wildman–Crippen MR) is 139 cm³/mol. The number of rotatable bonds is 8. The Balaban J connectivity index is 1.70. The second-order valence-electron chi connectivity index (χ2n) is 8.42. The molecule has 0 saturated heterocycles. The van der Waals surface area contributed by atoms with E-state index in [-0.39, 0.29) is 11.5 Å². The number of halogens is 3. The van der Waals surface area contributed by atoms with Crippen LogP contribution >= 0.6 is 0 Å². The van der Waals surface area contributed by atoms with Crippen molar-refractivity contribution < 1.29 is 23.2 Å². The molecule has 1 unspecified atom stereocenters. The molecule has 8 nitrogen and oxygen atoms in total. The lowest BCUT2D eigenvalue weighted by Gasteiger charge is -2.20. The molecule has 0 spiro atoms. The van der Waals surface area contributed by atoms with Crippen LogP contribution < -0.4 is 16.4 Å². The Morgan fingerprint density at radius 1 is 1.11 bits per heavy atom. The molecule has 0 fully saturated rings. The molecule has 0 aliphatic heterocycles. The van der Waals surface area contributed by atoms with Gasteiger partial charge in [-0.25, -0.2) is 4.98 Å². The minimum Gasteiger partial charge on any atom is -0.409 e. The fraction of sp³-hybridized carbons (Fsp3) is 0.148. The van der Waals surface area contributed by atoms with E-state index in [0.717, 1.165) is 23.2 Å². The number of oxime groups is 1. The number of nitrogens with one attached hydrogen (secondary N) is 3. The van der Waals surface area contributed by atoms with E-state index in [4.69, 9.17) is 10.9 Å². The molecule has 1 heterocycles. The number of hydrogen-bond acceptors (Lipinski definition) is 5. The zero-order chi connectivity index (χ0) is 27.3. The van der Waals surface area contributed by atoms with Crippen LogP contribution in [0.2, 0.25) is 0 Å². The van der Waals surface area contributed by atoms with Crippen LogP contribution in [0.1, 0.15) is 35.5 Å². The number of alkyl halides is 3. The van der Waals surface area contributed by atoms with Gasteiger partial charge < -0.3 is 26.6 Å². The number of amides is 1. The SMILES string of the molecule is CCc1cccc(C(Nc2ccc(C(N)=NO)cc2)c2ncc(-c3ccccc3NC(=O)C(F)(F)F)[nH]2)c1. The predicted octanol–water partition coefficient (Wildman–Crippen LogP) is 5.44. The van der Waals surface area contributed by atoms with E-state index in [2.05, 4.69) is 20.4 Å². The number of carbonyl (C=O) groups is 1. The van der Waals surface area contributed by atoms with Gasteiger partial charge in [0.2, 0.25) is 0 Å². The molecule has 0 saturated carbocycles. The van der Waals surface area contributed by atoms with E-state index in [0.29, 0.717) is 22.6 Å².